The Hall–Kier alpha value is -4.66. The van der Waals surface area contributed by atoms with Crippen LogP contribution in [0.4, 0.5) is 4.79 Å². The van der Waals surface area contributed by atoms with Crippen LogP contribution in [0.3, 0.4) is 0 Å². The van der Waals surface area contributed by atoms with Gasteiger partial charge in [0.2, 0.25) is 5.91 Å². The molecule has 238 valence electrons. The van der Waals surface area contributed by atoms with Crippen LogP contribution >= 0.6 is 0 Å². The van der Waals surface area contributed by atoms with E-state index in [1.807, 2.05) is 30.3 Å². The molecule has 1 aliphatic rings. The molecule has 9 heteroatoms. The highest BCUT2D eigenvalue weighted by molar-refractivity contribution is 5.91. The molecule has 1 aliphatic carbocycles. The van der Waals surface area contributed by atoms with E-state index in [0.717, 1.165) is 36.0 Å². The molecule has 0 radical (unpaired) electrons. The monoisotopic (exact) mass is 614 g/mol. The molecule has 2 amide bonds. The maximum Gasteiger partial charge on any atom is 0.408 e. The van der Waals surface area contributed by atoms with Gasteiger partial charge in [-0.3, -0.25) is 9.59 Å². The number of benzene rings is 3. The number of hydrogen-bond donors (Lipinski definition) is 2. The van der Waals surface area contributed by atoms with Crippen molar-refractivity contribution in [3.8, 4) is 5.75 Å². The highest BCUT2D eigenvalue weighted by Crippen LogP contribution is 2.29. The van der Waals surface area contributed by atoms with Crippen molar-refractivity contribution in [3.63, 3.8) is 0 Å². The number of amides is 2. The van der Waals surface area contributed by atoms with Crippen LogP contribution in [0.1, 0.15) is 85.1 Å². The van der Waals surface area contributed by atoms with Crippen LogP contribution in [0.25, 0.3) is 0 Å². The van der Waals surface area contributed by atoms with Gasteiger partial charge in [-0.2, -0.15) is 0 Å². The maximum absolute atomic E-state index is 13.4. The smallest absolute Gasteiger partial charge is 0.408 e. The molecule has 2 atom stereocenters. The van der Waals surface area contributed by atoms with Crippen LogP contribution in [0.2, 0.25) is 0 Å². The third kappa shape index (κ3) is 10.2. The fourth-order valence-electron chi connectivity index (χ4n) is 5.26. The van der Waals surface area contributed by atoms with E-state index in [-0.39, 0.29) is 37.0 Å². The van der Waals surface area contributed by atoms with E-state index in [0.29, 0.717) is 17.9 Å². The minimum Gasteiger partial charge on any atom is -0.489 e. The Morgan fingerprint density at radius 3 is 2.27 bits per heavy atom. The summed E-state index contributed by atoms with van der Waals surface area (Å²) in [6.07, 6.45) is 2.40. The van der Waals surface area contributed by atoms with Crippen molar-refractivity contribution >= 4 is 23.8 Å². The van der Waals surface area contributed by atoms with Crippen molar-refractivity contribution in [2.75, 3.05) is 7.11 Å². The molecule has 0 bridgehead atoms. The van der Waals surface area contributed by atoms with E-state index < -0.39 is 23.7 Å². The van der Waals surface area contributed by atoms with Crippen LogP contribution in [-0.4, -0.2) is 42.5 Å². The molecule has 3 aromatic carbocycles. The van der Waals surface area contributed by atoms with Gasteiger partial charge in [0.05, 0.1) is 24.8 Å². The van der Waals surface area contributed by atoms with Gasteiger partial charge in [0.25, 0.3) is 0 Å². The standard InChI is InChI=1S/C36H42N2O7/c1-36(2,3)45-35(42)38-31(32(39)20-21-33(40)37-30-11-7-9-26-8-5-6-10-29(26)30)22-24-14-18-28(19-15-24)44-23-25-12-16-27(17-13-25)34(41)43-4/h5-6,8,10,12-19,30-31H,7,9,11,20-23H2,1-4H3,(H,37,40)(H,38,42). The molecular formula is C36H42N2O7. The number of ketones is 1. The first kappa shape index (κ1) is 33.2. The fourth-order valence-corrected chi connectivity index (χ4v) is 5.26. The third-order valence-electron chi connectivity index (χ3n) is 7.53. The normalized spacial score (nSPS) is 14.8. The Balaban J connectivity index is 1.34. The number of rotatable bonds is 12. The lowest BCUT2D eigenvalue weighted by atomic mass is 9.87. The first-order valence-corrected chi connectivity index (χ1v) is 15.3. The van der Waals surface area contributed by atoms with Gasteiger partial charge in [-0.15, -0.1) is 0 Å². The average Bonchev–Trinajstić information content (AvgIpc) is 3.02. The second kappa shape index (κ2) is 15.4. The molecule has 0 fully saturated rings. The number of hydrogen-bond acceptors (Lipinski definition) is 7. The first-order valence-electron chi connectivity index (χ1n) is 15.3. The Bertz CT molecular complexity index is 1480. The van der Waals surface area contributed by atoms with Gasteiger partial charge in [-0.25, -0.2) is 9.59 Å². The number of ether oxygens (including phenoxy) is 3. The Labute approximate surface area is 264 Å². The number of aryl methyl sites for hydroxylation is 1. The predicted octanol–water partition coefficient (Wildman–Crippen LogP) is 6.03. The molecule has 0 saturated heterocycles. The van der Waals surface area contributed by atoms with E-state index >= 15 is 0 Å². The second-order valence-corrected chi connectivity index (χ2v) is 12.2. The van der Waals surface area contributed by atoms with Crippen molar-refractivity contribution in [1.29, 1.82) is 0 Å². The quantitative estimate of drug-likeness (QED) is 0.239. The molecule has 4 rings (SSSR count). The number of Topliss-reactive ketones (excluding diaryl/α,β-unsaturated/α-hetero) is 1. The first-order chi connectivity index (χ1) is 21.5. The summed E-state index contributed by atoms with van der Waals surface area (Å²) in [6.45, 7) is 5.56. The number of carbonyl (C=O) groups excluding carboxylic acids is 4. The van der Waals surface area contributed by atoms with Crippen molar-refractivity contribution in [3.05, 3.63) is 101 Å². The molecule has 0 aromatic heterocycles. The summed E-state index contributed by atoms with van der Waals surface area (Å²) in [5.74, 6) is -0.220. The lowest BCUT2D eigenvalue weighted by Gasteiger charge is -2.26. The largest absolute Gasteiger partial charge is 0.489 e. The average molecular weight is 615 g/mol. The summed E-state index contributed by atoms with van der Waals surface area (Å²) >= 11 is 0. The number of nitrogens with one attached hydrogen (secondary N) is 2. The van der Waals surface area contributed by atoms with Gasteiger partial charge in [-0.05, 0) is 93.0 Å². The zero-order valence-electron chi connectivity index (χ0n) is 26.4. The molecular weight excluding hydrogens is 572 g/mol. The zero-order chi connectivity index (χ0) is 32.4. The maximum atomic E-state index is 13.4. The Morgan fingerprint density at radius 1 is 0.889 bits per heavy atom. The molecule has 2 N–H and O–H groups in total. The van der Waals surface area contributed by atoms with Crippen molar-refractivity contribution in [2.24, 2.45) is 0 Å². The number of fused-ring (bicyclic) bond motifs is 1. The summed E-state index contributed by atoms with van der Waals surface area (Å²) in [7, 11) is 1.34. The minimum atomic E-state index is -0.872. The highest BCUT2D eigenvalue weighted by atomic mass is 16.6. The molecule has 3 aromatic rings. The third-order valence-corrected chi connectivity index (χ3v) is 7.53. The van der Waals surface area contributed by atoms with Gasteiger partial charge < -0.3 is 24.8 Å². The van der Waals surface area contributed by atoms with Gasteiger partial charge in [0, 0.05) is 12.8 Å². The van der Waals surface area contributed by atoms with Gasteiger partial charge in [-0.1, -0.05) is 48.5 Å². The molecule has 0 heterocycles. The van der Waals surface area contributed by atoms with Crippen molar-refractivity contribution in [1.82, 2.24) is 10.6 Å². The van der Waals surface area contributed by atoms with Gasteiger partial charge >= 0.3 is 12.1 Å². The van der Waals surface area contributed by atoms with Crippen LogP contribution in [0.5, 0.6) is 5.75 Å². The molecule has 2 unspecified atom stereocenters. The van der Waals surface area contributed by atoms with E-state index in [2.05, 4.69) is 16.7 Å². The minimum absolute atomic E-state index is 0.0172. The zero-order valence-corrected chi connectivity index (χ0v) is 26.4. The topological polar surface area (TPSA) is 120 Å². The van der Waals surface area contributed by atoms with Crippen LogP contribution in [-0.2, 0) is 38.5 Å². The number of methoxy groups -OCH3 is 1. The van der Waals surface area contributed by atoms with Crippen molar-refractivity contribution < 1.29 is 33.4 Å². The lowest BCUT2D eigenvalue weighted by Crippen LogP contribution is -2.45. The van der Waals surface area contributed by atoms with Crippen molar-refractivity contribution in [2.45, 2.75) is 83.6 Å². The summed E-state index contributed by atoms with van der Waals surface area (Å²) < 4.78 is 16.0. The highest BCUT2D eigenvalue weighted by Gasteiger charge is 2.26. The van der Waals surface area contributed by atoms with Gasteiger partial charge in [0.15, 0.2) is 5.78 Å². The Kier molecular flexibility index (Phi) is 11.4. The summed E-state index contributed by atoms with van der Waals surface area (Å²) in [5, 5.41) is 5.80. The number of esters is 1. The predicted molar refractivity (Wildman–Crippen MR) is 170 cm³/mol. The summed E-state index contributed by atoms with van der Waals surface area (Å²) in [5.41, 5.74) is 3.81. The summed E-state index contributed by atoms with van der Waals surface area (Å²) in [4.78, 5) is 50.5. The van der Waals surface area contributed by atoms with Gasteiger partial charge in [0.1, 0.15) is 18.0 Å². The van der Waals surface area contributed by atoms with E-state index in [4.69, 9.17) is 14.2 Å². The summed E-state index contributed by atoms with van der Waals surface area (Å²) in [6, 6.07) is 21.4. The SMILES string of the molecule is COC(=O)c1ccc(COc2ccc(CC(NC(=O)OC(C)(C)C)C(=O)CCC(=O)NC3CCCc4ccccc43)cc2)cc1. The van der Waals surface area contributed by atoms with Crippen LogP contribution in [0.15, 0.2) is 72.8 Å². The number of carbonyl (C=O) groups is 4. The fraction of sp³-hybridized carbons (Fsp3) is 0.389. The lowest BCUT2D eigenvalue weighted by molar-refractivity contribution is -0.126. The molecule has 45 heavy (non-hydrogen) atoms. The molecule has 9 nitrogen and oxygen atoms in total. The number of alkyl carbamates (subject to hydrolysis) is 1. The van der Waals surface area contributed by atoms with Crippen LogP contribution in [0, 0.1) is 0 Å². The van der Waals surface area contributed by atoms with E-state index in [1.54, 1.807) is 57.2 Å². The van der Waals surface area contributed by atoms with Crippen LogP contribution < -0.4 is 15.4 Å². The molecule has 0 aliphatic heterocycles. The molecule has 0 saturated carbocycles. The Morgan fingerprint density at radius 2 is 1.58 bits per heavy atom. The second-order valence-electron chi connectivity index (χ2n) is 12.2. The van der Waals surface area contributed by atoms with E-state index in [9.17, 15) is 19.2 Å². The molecule has 0 spiro atoms. The van der Waals surface area contributed by atoms with E-state index in [1.165, 1.54) is 12.7 Å².